The maximum Gasteiger partial charge on any atom is 0.325 e. The third-order valence-electron chi connectivity index (χ3n) is 3.51. The van der Waals surface area contributed by atoms with Crippen molar-refractivity contribution in [3.63, 3.8) is 0 Å². The predicted molar refractivity (Wildman–Crippen MR) is 75.1 cm³/mol. The van der Waals surface area contributed by atoms with E-state index in [-0.39, 0.29) is 24.3 Å². The topological polar surface area (TPSA) is 102 Å². The lowest BCUT2D eigenvalue weighted by atomic mass is 9.98. The third-order valence-corrected chi connectivity index (χ3v) is 3.51. The fourth-order valence-corrected chi connectivity index (χ4v) is 2.50. The van der Waals surface area contributed by atoms with E-state index in [0.29, 0.717) is 31.7 Å². The summed E-state index contributed by atoms with van der Waals surface area (Å²) < 4.78 is 6.20. The number of amides is 1. The molecule has 1 aliphatic rings. The van der Waals surface area contributed by atoms with Crippen LogP contribution in [0.1, 0.15) is 30.1 Å². The normalized spacial score (nSPS) is 18.0. The van der Waals surface area contributed by atoms with Crippen LogP contribution < -0.4 is 0 Å². The second-order valence-corrected chi connectivity index (χ2v) is 5.16. The Bertz CT molecular complexity index is 569. The Morgan fingerprint density at radius 2 is 2.23 bits per heavy atom. The van der Waals surface area contributed by atoms with Crippen molar-refractivity contribution < 1.29 is 24.2 Å². The molecule has 22 heavy (non-hydrogen) atoms. The largest absolute Gasteiger partial charge is 0.480 e. The van der Waals surface area contributed by atoms with Gasteiger partial charge in [-0.15, -0.1) is 0 Å². The monoisotopic (exact) mass is 309 g/mol. The van der Waals surface area contributed by atoms with E-state index < -0.39 is 5.97 Å². The lowest BCUT2D eigenvalue weighted by Gasteiger charge is -2.31. The van der Waals surface area contributed by atoms with Crippen LogP contribution in [0.4, 0.5) is 0 Å². The van der Waals surface area contributed by atoms with E-state index in [9.17, 15) is 14.4 Å². The number of hydrogen-bond donors (Lipinski definition) is 1. The second kappa shape index (κ2) is 7.06. The number of aromatic nitrogens is 2. The van der Waals surface area contributed by atoms with E-state index in [1.807, 2.05) is 0 Å². The van der Waals surface area contributed by atoms with Crippen molar-refractivity contribution in [2.75, 3.05) is 19.7 Å². The van der Waals surface area contributed by atoms with Crippen LogP contribution >= 0.6 is 0 Å². The molecule has 0 saturated carbocycles. The molecule has 8 heteroatoms. The molecular weight excluding hydrogens is 290 g/mol. The van der Waals surface area contributed by atoms with Crippen LogP contribution in [0.2, 0.25) is 0 Å². The van der Waals surface area contributed by atoms with Crippen molar-refractivity contribution in [1.82, 2.24) is 14.7 Å². The maximum absolute atomic E-state index is 12.4. The van der Waals surface area contributed by atoms with E-state index in [0.717, 1.165) is 6.42 Å². The molecule has 1 fully saturated rings. The maximum atomic E-state index is 12.4. The summed E-state index contributed by atoms with van der Waals surface area (Å²) in [6, 6.07) is 0. The molecule has 0 aliphatic carbocycles. The first-order valence-corrected chi connectivity index (χ1v) is 7.21. The molecule has 1 aromatic heterocycles. The summed E-state index contributed by atoms with van der Waals surface area (Å²) in [7, 11) is 0. The fraction of sp³-hybridized carbons (Fsp3) is 0.571. The van der Waals surface area contributed by atoms with Gasteiger partial charge in [0, 0.05) is 19.3 Å². The highest BCUT2D eigenvalue weighted by Crippen LogP contribution is 2.19. The van der Waals surface area contributed by atoms with Gasteiger partial charge in [-0.2, -0.15) is 5.10 Å². The first kappa shape index (κ1) is 16.0. The Labute approximate surface area is 127 Å². The molecule has 0 bridgehead atoms. The van der Waals surface area contributed by atoms with Crippen LogP contribution in [-0.2, 0) is 20.9 Å². The molecule has 1 amide bonds. The van der Waals surface area contributed by atoms with Crippen molar-refractivity contribution in [3.8, 4) is 0 Å². The number of rotatable bonds is 5. The zero-order valence-corrected chi connectivity index (χ0v) is 12.4. The highest BCUT2D eigenvalue weighted by Gasteiger charge is 2.30. The van der Waals surface area contributed by atoms with Crippen molar-refractivity contribution >= 4 is 17.8 Å². The summed E-state index contributed by atoms with van der Waals surface area (Å²) in [6.45, 7) is 2.67. The van der Waals surface area contributed by atoms with Gasteiger partial charge in [-0.25, -0.2) is 0 Å². The minimum absolute atomic E-state index is 0.245. The number of esters is 1. The summed E-state index contributed by atoms with van der Waals surface area (Å²) in [5, 5.41) is 12.6. The quantitative estimate of drug-likeness (QED) is 0.789. The molecule has 1 aromatic rings. The Kier molecular flexibility index (Phi) is 5.13. The number of likely N-dealkylation sites (tertiary alicyclic amines) is 1. The summed E-state index contributed by atoms with van der Waals surface area (Å²) in [5.74, 6) is -1.85. The van der Waals surface area contributed by atoms with Gasteiger partial charge in [0.2, 0.25) is 0 Å². The summed E-state index contributed by atoms with van der Waals surface area (Å²) in [4.78, 5) is 36.4. The lowest BCUT2D eigenvalue weighted by molar-refractivity contribution is -0.149. The van der Waals surface area contributed by atoms with E-state index in [1.54, 1.807) is 11.8 Å². The van der Waals surface area contributed by atoms with E-state index in [2.05, 4.69) is 5.10 Å². The van der Waals surface area contributed by atoms with Crippen LogP contribution in [0.3, 0.4) is 0 Å². The molecule has 0 spiro atoms. The second-order valence-electron chi connectivity index (χ2n) is 5.16. The average molecular weight is 309 g/mol. The number of ether oxygens (including phenoxy) is 1. The number of aliphatic carboxylic acids is 1. The van der Waals surface area contributed by atoms with Gasteiger partial charge >= 0.3 is 11.9 Å². The highest BCUT2D eigenvalue weighted by atomic mass is 16.5. The Balaban J connectivity index is 2.01. The first-order valence-electron chi connectivity index (χ1n) is 7.21. The highest BCUT2D eigenvalue weighted by molar-refractivity contribution is 5.94. The number of carboxylic acids is 1. The number of carbonyl (C=O) groups is 3. The van der Waals surface area contributed by atoms with Gasteiger partial charge < -0.3 is 14.7 Å². The number of carboxylic acid groups (broad SMARTS) is 1. The van der Waals surface area contributed by atoms with Crippen molar-refractivity contribution in [3.05, 3.63) is 18.0 Å². The minimum atomic E-state index is -1.03. The third kappa shape index (κ3) is 3.84. The Morgan fingerprint density at radius 3 is 2.91 bits per heavy atom. The lowest BCUT2D eigenvalue weighted by Crippen LogP contribution is -2.42. The van der Waals surface area contributed by atoms with E-state index in [1.165, 1.54) is 17.1 Å². The number of carbonyl (C=O) groups excluding carboxylic acids is 2. The standard InChI is InChI=1S/C14H19N3O5/c1-2-22-14(21)10-4-3-5-16(7-10)13(20)11-6-15-17(8-11)9-12(18)19/h6,8,10H,2-5,7,9H2,1H3,(H,18,19). The van der Waals surface area contributed by atoms with Crippen molar-refractivity contribution in [1.29, 1.82) is 0 Å². The summed E-state index contributed by atoms with van der Waals surface area (Å²) >= 11 is 0. The van der Waals surface area contributed by atoms with Crippen molar-refractivity contribution in [2.24, 2.45) is 5.92 Å². The molecule has 1 unspecified atom stereocenters. The molecule has 120 valence electrons. The average Bonchev–Trinajstić information content (AvgIpc) is 2.94. The van der Waals surface area contributed by atoms with E-state index in [4.69, 9.17) is 9.84 Å². The Hall–Kier alpha value is -2.38. The van der Waals surface area contributed by atoms with Gasteiger partial charge in [0.05, 0.1) is 24.3 Å². The molecule has 1 saturated heterocycles. The smallest absolute Gasteiger partial charge is 0.325 e. The van der Waals surface area contributed by atoms with Gasteiger partial charge in [-0.05, 0) is 19.8 Å². The summed E-state index contributed by atoms with van der Waals surface area (Å²) in [5.41, 5.74) is 0.325. The zero-order chi connectivity index (χ0) is 16.1. The molecular formula is C14H19N3O5. The number of hydrogen-bond acceptors (Lipinski definition) is 5. The SMILES string of the molecule is CCOC(=O)C1CCCN(C(=O)c2cnn(CC(=O)O)c2)C1. The molecule has 1 N–H and O–H groups in total. The molecule has 1 aliphatic heterocycles. The molecule has 8 nitrogen and oxygen atoms in total. The van der Waals surface area contributed by atoms with Crippen LogP contribution in [0.15, 0.2) is 12.4 Å². The number of piperidine rings is 1. The van der Waals surface area contributed by atoms with Crippen LogP contribution in [0.5, 0.6) is 0 Å². The van der Waals surface area contributed by atoms with Crippen LogP contribution in [0, 0.1) is 5.92 Å². The Morgan fingerprint density at radius 1 is 1.45 bits per heavy atom. The predicted octanol–water partition coefficient (Wildman–Crippen LogP) is 0.383. The molecule has 0 radical (unpaired) electrons. The summed E-state index contributed by atoms with van der Waals surface area (Å²) in [6.07, 6.45) is 4.20. The fourth-order valence-electron chi connectivity index (χ4n) is 2.50. The van der Waals surface area contributed by atoms with Gasteiger partial charge in [0.15, 0.2) is 0 Å². The zero-order valence-electron chi connectivity index (χ0n) is 12.4. The molecule has 0 aromatic carbocycles. The van der Waals surface area contributed by atoms with Crippen LogP contribution in [0.25, 0.3) is 0 Å². The van der Waals surface area contributed by atoms with Gasteiger partial charge in [0.1, 0.15) is 6.54 Å². The van der Waals surface area contributed by atoms with E-state index >= 15 is 0 Å². The first-order chi connectivity index (χ1) is 10.5. The minimum Gasteiger partial charge on any atom is -0.480 e. The molecule has 2 rings (SSSR count). The van der Waals surface area contributed by atoms with Crippen LogP contribution in [-0.4, -0.2) is 57.3 Å². The molecule has 1 atom stereocenters. The van der Waals surface area contributed by atoms with Crippen molar-refractivity contribution in [2.45, 2.75) is 26.3 Å². The van der Waals surface area contributed by atoms with Gasteiger partial charge in [-0.1, -0.05) is 0 Å². The van der Waals surface area contributed by atoms with Gasteiger partial charge in [-0.3, -0.25) is 19.1 Å². The van der Waals surface area contributed by atoms with Gasteiger partial charge in [0.25, 0.3) is 5.91 Å². The number of nitrogens with zero attached hydrogens (tertiary/aromatic N) is 3. The molecule has 2 heterocycles.